The van der Waals surface area contributed by atoms with E-state index in [4.69, 9.17) is 6.42 Å². The van der Waals surface area contributed by atoms with Gasteiger partial charge >= 0.3 is 0 Å². The standard InChI is InChI=1S/C16H19NO2/c1-4-5-7-10-13(2)15(18)17(3)16(19)14-11-8-6-9-12-14/h1,6,8-9,11-12,18H,5,7,10H2,2-3H3/b15-13-. The van der Waals surface area contributed by atoms with E-state index in [1.165, 1.54) is 4.90 Å². The predicted octanol–water partition coefficient (Wildman–Crippen LogP) is 3.35. The lowest BCUT2D eigenvalue weighted by atomic mass is 10.1. The van der Waals surface area contributed by atoms with Gasteiger partial charge in [-0.05, 0) is 37.5 Å². The fourth-order valence-electron chi connectivity index (χ4n) is 1.72. The van der Waals surface area contributed by atoms with Crippen LogP contribution in [0.5, 0.6) is 0 Å². The van der Waals surface area contributed by atoms with Crippen LogP contribution in [0.15, 0.2) is 41.8 Å². The number of unbranched alkanes of at least 4 members (excludes halogenated alkanes) is 1. The minimum absolute atomic E-state index is 0.00544. The lowest BCUT2D eigenvalue weighted by Gasteiger charge is -2.18. The third-order valence-electron chi connectivity index (χ3n) is 2.90. The minimum atomic E-state index is -0.227. The van der Waals surface area contributed by atoms with E-state index in [2.05, 4.69) is 5.92 Å². The molecule has 0 saturated carbocycles. The van der Waals surface area contributed by atoms with Crippen molar-refractivity contribution >= 4 is 5.91 Å². The molecule has 19 heavy (non-hydrogen) atoms. The Bertz CT molecular complexity index is 497. The molecule has 0 spiro atoms. The SMILES string of the molecule is C#CCCC/C(C)=C(\O)N(C)C(=O)c1ccccc1. The predicted molar refractivity (Wildman–Crippen MR) is 76.5 cm³/mol. The molecule has 1 rings (SSSR count). The van der Waals surface area contributed by atoms with Crippen molar-refractivity contribution in [1.29, 1.82) is 0 Å². The highest BCUT2D eigenvalue weighted by Gasteiger charge is 2.16. The maximum absolute atomic E-state index is 12.1. The van der Waals surface area contributed by atoms with Crippen LogP contribution in [0, 0.1) is 12.3 Å². The van der Waals surface area contributed by atoms with Crippen molar-refractivity contribution in [1.82, 2.24) is 4.90 Å². The molecule has 0 fully saturated rings. The van der Waals surface area contributed by atoms with Crippen molar-refractivity contribution in [2.24, 2.45) is 0 Å². The summed E-state index contributed by atoms with van der Waals surface area (Å²) in [5, 5.41) is 10.1. The molecular weight excluding hydrogens is 238 g/mol. The summed E-state index contributed by atoms with van der Waals surface area (Å²) < 4.78 is 0. The Kier molecular flexibility index (Phi) is 5.69. The van der Waals surface area contributed by atoms with Crippen LogP contribution in [-0.4, -0.2) is 23.0 Å². The zero-order chi connectivity index (χ0) is 14.3. The van der Waals surface area contributed by atoms with E-state index >= 15 is 0 Å². The molecule has 3 heteroatoms. The average Bonchev–Trinajstić information content (AvgIpc) is 2.46. The van der Waals surface area contributed by atoms with Gasteiger partial charge in [0, 0.05) is 19.0 Å². The smallest absolute Gasteiger partial charge is 0.260 e. The van der Waals surface area contributed by atoms with Gasteiger partial charge in [-0.1, -0.05) is 18.2 Å². The van der Waals surface area contributed by atoms with Crippen LogP contribution in [0.2, 0.25) is 0 Å². The van der Waals surface area contributed by atoms with E-state index < -0.39 is 0 Å². The van der Waals surface area contributed by atoms with Crippen molar-refractivity contribution in [3.8, 4) is 12.3 Å². The molecule has 0 aliphatic heterocycles. The fraction of sp³-hybridized carbons (Fsp3) is 0.312. The molecule has 1 aromatic rings. The monoisotopic (exact) mass is 257 g/mol. The average molecular weight is 257 g/mol. The molecule has 3 nitrogen and oxygen atoms in total. The molecule has 0 aliphatic rings. The highest BCUT2D eigenvalue weighted by Crippen LogP contribution is 2.15. The van der Waals surface area contributed by atoms with E-state index in [1.54, 1.807) is 38.2 Å². The van der Waals surface area contributed by atoms with Gasteiger partial charge < -0.3 is 5.11 Å². The van der Waals surface area contributed by atoms with Gasteiger partial charge in [-0.15, -0.1) is 12.3 Å². The molecular formula is C16H19NO2. The largest absolute Gasteiger partial charge is 0.494 e. The van der Waals surface area contributed by atoms with Gasteiger partial charge in [-0.2, -0.15) is 0 Å². The van der Waals surface area contributed by atoms with Crippen LogP contribution >= 0.6 is 0 Å². The van der Waals surface area contributed by atoms with Crippen LogP contribution in [0.3, 0.4) is 0 Å². The maximum atomic E-state index is 12.1. The molecule has 1 N–H and O–H groups in total. The molecule has 0 bridgehead atoms. The summed E-state index contributed by atoms with van der Waals surface area (Å²) in [5.74, 6) is 2.33. The molecule has 100 valence electrons. The molecule has 1 amide bonds. The Morgan fingerprint density at radius 2 is 2.00 bits per heavy atom. The normalized spacial score (nSPS) is 11.4. The van der Waals surface area contributed by atoms with E-state index in [0.29, 0.717) is 18.4 Å². The Hall–Kier alpha value is -2.21. The first-order valence-corrected chi connectivity index (χ1v) is 6.23. The van der Waals surface area contributed by atoms with E-state index in [9.17, 15) is 9.90 Å². The summed E-state index contributed by atoms with van der Waals surface area (Å²) in [7, 11) is 1.56. The lowest BCUT2D eigenvalue weighted by molar-refractivity contribution is 0.0766. The number of hydrogen-bond donors (Lipinski definition) is 1. The summed E-state index contributed by atoms with van der Waals surface area (Å²) in [6.07, 6.45) is 7.34. The molecule has 0 aromatic heterocycles. The number of hydrogen-bond acceptors (Lipinski definition) is 2. The van der Waals surface area contributed by atoms with E-state index in [0.717, 1.165) is 12.0 Å². The summed E-state index contributed by atoms with van der Waals surface area (Å²) in [6.45, 7) is 1.81. The number of benzene rings is 1. The second-order valence-corrected chi connectivity index (χ2v) is 4.39. The number of allylic oxidation sites excluding steroid dienone is 1. The number of nitrogens with zero attached hydrogens (tertiary/aromatic N) is 1. The van der Waals surface area contributed by atoms with Crippen LogP contribution in [0.1, 0.15) is 36.5 Å². The number of aliphatic hydroxyl groups excluding tert-OH is 1. The Morgan fingerprint density at radius 1 is 1.37 bits per heavy atom. The quantitative estimate of drug-likeness (QED) is 0.499. The first kappa shape index (κ1) is 14.8. The van der Waals surface area contributed by atoms with Gasteiger partial charge in [0.1, 0.15) is 0 Å². The summed E-state index contributed by atoms with van der Waals surface area (Å²) in [4.78, 5) is 13.4. The zero-order valence-corrected chi connectivity index (χ0v) is 11.4. The number of terminal acetylenes is 1. The van der Waals surface area contributed by atoms with Gasteiger partial charge in [0.25, 0.3) is 5.91 Å². The van der Waals surface area contributed by atoms with Crippen LogP contribution < -0.4 is 0 Å². The summed E-state index contributed by atoms with van der Waals surface area (Å²) in [6, 6.07) is 8.88. The lowest BCUT2D eigenvalue weighted by Crippen LogP contribution is -2.26. The van der Waals surface area contributed by atoms with Crippen molar-refractivity contribution in [2.75, 3.05) is 7.05 Å². The third kappa shape index (κ3) is 4.18. The summed E-state index contributed by atoms with van der Waals surface area (Å²) in [5.41, 5.74) is 1.31. The zero-order valence-electron chi connectivity index (χ0n) is 11.4. The highest BCUT2D eigenvalue weighted by atomic mass is 16.3. The van der Waals surface area contributed by atoms with E-state index in [-0.39, 0.29) is 11.8 Å². The van der Waals surface area contributed by atoms with Crippen molar-refractivity contribution in [3.05, 3.63) is 47.4 Å². The topological polar surface area (TPSA) is 40.5 Å². The fourth-order valence-corrected chi connectivity index (χ4v) is 1.72. The Balaban J connectivity index is 2.76. The van der Waals surface area contributed by atoms with Gasteiger partial charge in [-0.3, -0.25) is 9.69 Å². The second kappa shape index (κ2) is 7.27. The Labute approximate surface area is 114 Å². The second-order valence-electron chi connectivity index (χ2n) is 4.39. The van der Waals surface area contributed by atoms with E-state index in [1.807, 2.05) is 6.07 Å². The first-order valence-electron chi connectivity index (χ1n) is 6.23. The van der Waals surface area contributed by atoms with Crippen molar-refractivity contribution < 1.29 is 9.90 Å². The molecule has 0 radical (unpaired) electrons. The van der Waals surface area contributed by atoms with Gasteiger partial charge in [0.15, 0.2) is 5.88 Å². The number of amides is 1. The van der Waals surface area contributed by atoms with Crippen molar-refractivity contribution in [3.63, 3.8) is 0 Å². The van der Waals surface area contributed by atoms with Crippen LogP contribution in [0.25, 0.3) is 0 Å². The minimum Gasteiger partial charge on any atom is -0.494 e. The molecule has 0 heterocycles. The highest BCUT2D eigenvalue weighted by molar-refractivity contribution is 5.94. The molecule has 0 saturated heterocycles. The van der Waals surface area contributed by atoms with Crippen molar-refractivity contribution in [2.45, 2.75) is 26.2 Å². The number of rotatable bonds is 5. The Morgan fingerprint density at radius 3 is 2.58 bits per heavy atom. The first-order chi connectivity index (χ1) is 9.07. The third-order valence-corrected chi connectivity index (χ3v) is 2.90. The maximum Gasteiger partial charge on any atom is 0.260 e. The van der Waals surface area contributed by atoms with Gasteiger partial charge in [-0.25, -0.2) is 0 Å². The molecule has 1 aromatic carbocycles. The molecule has 0 aliphatic carbocycles. The molecule has 0 unspecified atom stereocenters. The summed E-state index contributed by atoms with van der Waals surface area (Å²) >= 11 is 0. The van der Waals surface area contributed by atoms with Crippen LogP contribution in [0.4, 0.5) is 0 Å². The number of carbonyl (C=O) groups is 1. The molecule has 0 atom stereocenters. The van der Waals surface area contributed by atoms with Gasteiger partial charge in [0.05, 0.1) is 0 Å². The number of aliphatic hydroxyl groups is 1. The number of carbonyl (C=O) groups excluding carboxylic acids is 1. The van der Waals surface area contributed by atoms with Crippen LogP contribution in [-0.2, 0) is 0 Å². The van der Waals surface area contributed by atoms with Gasteiger partial charge in [0.2, 0.25) is 0 Å².